The molecule has 0 radical (unpaired) electrons. The van der Waals surface area contributed by atoms with Gasteiger partial charge in [0, 0.05) is 0 Å². The number of thiophene rings is 1. The minimum absolute atomic E-state index is 0.258. The predicted octanol–water partition coefficient (Wildman–Crippen LogP) is 2.03. The molecule has 10 heavy (non-hydrogen) atoms. The predicted molar refractivity (Wildman–Crippen MR) is 43.5 cm³/mol. The summed E-state index contributed by atoms with van der Waals surface area (Å²) in [6, 6.07) is 1.86. The molecule has 2 unspecified atom stereocenters. The second-order valence-electron chi connectivity index (χ2n) is 1.98. The summed E-state index contributed by atoms with van der Waals surface area (Å²) in [6.45, 7) is 1.73. The van der Waals surface area contributed by atoms with Crippen molar-refractivity contribution < 1.29 is 8.76 Å². The molecule has 0 saturated carbocycles. The van der Waals surface area contributed by atoms with E-state index in [0.717, 1.165) is 5.56 Å². The monoisotopic (exact) mass is 176 g/mol. The fourth-order valence-electron chi connectivity index (χ4n) is 0.623. The highest BCUT2D eigenvalue weighted by atomic mass is 32.2. The molecular formula is C6H8O2S2. The fourth-order valence-corrected chi connectivity index (χ4v) is 1.84. The Labute approximate surface area is 66.2 Å². The largest absolute Gasteiger partial charge is 0.306 e. The Morgan fingerprint density at radius 2 is 2.50 bits per heavy atom. The lowest BCUT2D eigenvalue weighted by Gasteiger charge is -2.01. The van der Waals surface area contributed by atoms with E-state index in [-0.39, 0.29) is 5.25 Å². The lowest BCUT2D eigenvalue weighted by molar-refractivity contribution is 0.554. The molecule has 0 fully saturated rings. The summed E-state index contributed by atoms with van der Waals surface area (Å²) in [5.41, 5.74) is 0.936. The quantitative estimate of drug-likeness (QED) is 0.700. The maximum atomic E-state index is 10.5. The summed E-state index contributed by atoms with van der Waals surface area (Å²) in [7, 11) is 0. The molecule has 0 aliphatic heterocycles. The Bertz CT molecular complexity index is 218. The third-order valence-electron chi connectivity index (χ3n) is 1.32. The van der Waals surface area contributed by atoms with Crippen molar-refractivity contribution >= 4 is 22.4 Å². The van der Waals surface area contributed by atoms with Crippen LogP contribution >= 0.6 is 11.3 Å². The average Bonchev–Trinajstić information content (AvgIpc) is 2.36. The molecule has 56 valence electrons. The molecule has 2 atom stereocenters. The van der Waals surface area contributed by atoms with Crippen LogP contribution in [0.5, 0.6) is 0 Å². The molecule has 4 heteroatoms. The standard InChI is InChI=1S/C6H8O2S2/c1-5(10(7)8)6-2-3-9-4-6/h2-5H,1H3,(H,7,8). The first-order chi connectivity index (χ1) is 4.72. The second kappa shape index (κ2) is 3.27. The molecule has 1 N–H and O–H groups in total. The number of hydrogen-bond donors (Lipinski definition) is 1. The maximum Gasteiger partial charge on any atom is 0.160 e. The summed E-state index contributed by atoms with van der Waals surface area (Å²) < 4.78 is 19.2. The topological polar surface area (TPSA) is 37.3 Å². The van der Waals surface area contributed by atoms with E-state index in [1.54, 1.807) is 6.92 Å². The molecule has 0 amide bonds. The van der Waals surface area contributed by atoms with Crippen LogP contribution in [0.2, 0.25) is 0 Å². The van der Waals surface area contributed by atoms with Crippen molar-refractivity contribution in [1.29, 1.82) is 0 Å². The first-order valence-corrected chi connectivity index (χ1v) is 4.95. The normalized spacial score (nSPS) is 16.6. The zero-order valence-corrected chi connectivity index (χ0v) is 7.11. The van der Waals surface area contributed by atoms with Gasteiger partial charge in [-0.2, -0.15) is 11.3 Å². The van der Waals surface area contributed by atoms with Crippen LogP contribution in [-0.2, 0) is 11.1 Å². The highest BCUT2D eigenvalue weighted by Crippen LogP contribution is 2.19. The van der Waals surface area contributed by atoms with Crippen LogP contribution in [0.1, 0.15) is 17.7 Å². The van der Waals surface area contributed by atoms with Gasteiger partial charge in [-0.1, -0.05) is 0 Å². The van der Waals surface area contributed by atoms with E-state index in [9.17, 15) is 4.21 Å². The third kappa shape index (κ3) is 1.65. The van der Waals surface area contributed by atoms with E-state index in [4.69, 9.17) is 4.55 Å². The van der Waals surface area contributed by atoms with E-state index < -0.39 is 11.1 Å². The molecule has 0 aliphatic rings. The van der Waals surface area contributed by atoms with Gasteiger partial charge in [0.25, 0.3) is 0 Å². The van der Waals surface area contributed by atoms with Gasteiger partial charge < -0.3 is 4.55 Å². The lowest BCUT2D eigenvalue weighted by Crippen LogP contribution is -1.98. The van der Waals surface area contributed by atoms with Crippen molar-refractivity contribution in [3.05, 3.63) is 22.4 Å². The van der Waals surface area contributed by atoms with Gasteiger partial charge >= 0.3 is 0 Å². The van der Waals surface area contributed by atoms with Crippen molar-refractivity contribution in [3.8, 4) is 0 Å². The molecular weight excluding hydrogens is 168 g/mol. The number of hydrogen-bond acceptors (Lipinski definition) is 2. The van der Waals surface area contributed by atoms with Crippen molar-refractivity contribution in [2.45, 2.75) is 12.2 Å². The molecule has 0 aliphatic carbocycles. The molecule has 0 saturated heterocycles. The fraction of sp³-hybridized carbons (Fsp3) is 0.333. The molecule has 0 spiro atoms. The molecule has 1 rings (SSSR count). The minimum atomic E-state index is -1.73. The minimum Gasteiger partial charge on any atom is -0.306 e. The second-order valence-corrected chi connectivity index (χ2v) is 4.01. The summed E-state index contributed by atoms with van der Waals surface area (Å²) in [4.78, 5) is 0. The Morgan fingerprint density at radius 1 is 1.80 bits per heavy atom. The molecule has 0 aromatic carbocycles. The summed E-state index contributed by atoms with van der Waals surface area (Å²) >= 11 is -0.193. The third-order valence-corrected chi connectivity index (χ3v) is 2.89. The van der Waals surface area contributed by atoms with Gasteiger partial charge in [0.1, 0.15) is 0 Å². The van der Waals surface area contributed by atoms with E-state index >= 15 is 0 Å². The Balaban J connectivity index is 2.77. The van der Waals surface area contributed by atoms with E-state index in [1.807, 2.05) is 16.8 Å². The molecule has 0 bridgehead atoms. The van der Waals surface area contributed by atoms with Gasteiger partial charge in [-0.3, -0.25) is 0 Å². The molecule has 2 nitrogen and oxygen atoms in total. The van der Waals surface area contributed by atoms with Gasteiger partial charge in [-0.15, -0.1) is 0 Å². The van der Waals surface area contributed by atoms with Gasteiger partial charge in [0.2, 0.25) is 0 Å². The van der Waals surface area contributed by atoms with Crippen LogP contribution < -0.4 is 0 Å². The van der Waals surface area contributed by atoms with Gasteiger partial charge in [-0.05, 0) is 29.3 Å². The molecule has 1 aromatic heterocycles. The zero-order chi connectivity index (χ0) is 7.56. The van der Waals surface area contributed by atoms with Crippen LogP contribution in [0, 0.1) is 0 Å². The van der Waals surface area contributed by atoms with Crippen LogP contribution in [0.4, 0.5) is 0 Å². The summed E-state index contributed by atoms with van der Waals surface area (Å²) in [5.74, 6) is 0. The average molecular weight is 176 g/mol. The van der Waals surface area contributed by atoms with Gasteiger partial charge in [0.05, 0.1) is 5.25 Å². The van der Waals surface area contributed by atoms with E-state index in [1.165, 1.54) is 11.3 Å². The zero-order valence-electron chi connectivity index (χ0n) is 5.48. The van der Waals surface area contributed by atoms with Crippen molar-refractivity contribution in [2.75, 3.05) is 0 Å². The highest BCUT2D eigenvalue weighted by molar-refractivity contribution is 7.79. The number of rotatable bonds is 2. The summed E-state index contributed by atoms with van der Waals surface area (Å²) in [6.07, 6.45) is 0. The van der Waals surface area contributed by atoms with Crippen LogP contribution in [0.3, 0.4) is 0 Å². The lowest BCUT2D eigenvalue weighted by atomic mass is 10.3. The Morgan fingerprint density at radius 3 is 2.90 bits per heavy atom. The van der Waals surface area contributed by atoms with Crippen LogP contribution in [0.15, 0.2) is 16.8 Å². The van der Waals surface area contributed by atoms with E-state index in [0.29, 0.717) is 0 Å². The molecule has 1 aromatic rings. The van der Waals surface area contributed by atoms with Crippen LogP contribution in [0.25, 0.3) is 0 Å². The van der Waals surface area contributed by atoms with Gasteiger partial charge in [-0.25, -0.2) is 4.21 Å². The highest BCUT2D eigenvalue weighted by Gasteiger charge is 2.10. The van der Waals surface area contributed by atoms with Gasteiger partial charge in [0.15, 0.2) is 11.1 Å². The summed E-state index contributed by atoms with van der Waals surface area (Å²) in [5, 5.41) is 3.53. The van der Waals surface area contributed by atoms with E-state index in [2.05, 4.69) is 0 Å². The first-order valence-electron chi connectivity index (χ1n) is 2.83. The van der Waals surface area contributed by atoms with Crippen molar-refractivity contribution in [2.24, 2.45) is 0 Å². The Kier molecular flexibility index (Phi) is 2.59. The smallest absolute Gasteiger partial charge is 0.160 e. The first kappa shape index (κ1) is 7.91. The Hall–Kier alpha value is -0.190. The van der Waals surface area contributed by atoms with Crippen molar-refractivity contribution in [1.82, 2.24) is 0 Å². The van der Waals surface area contributed by atoms with Crippen molar-refractivity contribution in [3.63, 3.8) is 0 Å². The van der Waals surface area contributed by atoms with Crippen LogP contribution in [-0.4, -0.2) is 8.76 Å². The SMILES string of the molecule is CC(c1ccsc1)S(=O)O. The maximum absolute atomic E-state index is 10.5. The molecule has 1 heterocycles.